The average Bonchev–Trinajstić information content (AvgIpc) is 3.90. The van der Waals surface area contributed by atoms with Gasteiger partial charge in [-0.3, -0.25) is 14.4 Å². The van der Waals surface area contributed by atoms with Gasteiger partial charge in [-0.05, 0) is 66.1 Å². The van der Waals surface area contributed by atoms with E-state index in [2.05, 4.69) is 20.4 Å². The van der Waals surface area contributed by atoms with Gasteiger partial charge in [0, 0.05) is 36.6 Å². The molecule has 5 heterocycles. The second kappa shape index (κ2) is 16.9. The highest BCUT2D eigenvalue weighted by molar-refractivity contribution is 8.00. The lowest BCUT2D eigenvalue weighted by molar-refractivity contribution is -0.116. The second-order valence-electron chi connectivity index (χ2n) is 14.1. The number of carbonyl (C=O) groups is 2. The highest BCUT2D eigenvalue weighted by atomic mass is 35.5. The molecule has 60 heavy (non-hydrogen) atoms. The Morgan fingerprint density at radius 1 is 0.983 bits per heavy atom. The number of nitrogens with one attached hydrogen (secondary N) is 1. The number of anilines is 2. The first-order chi connectivity index (χ1) is 28.9. The zero-order valence-electron chi connectivity index (χ0n) is 32.3. The van der Waals surface area contributed by atoms with E-state index < -0.39 is 17.0 Å². The van der Waals surface area contributed by atoms with Gasteiger partial charge in [-0.25, -0.2) is 9.97 Å². The normalized spacial score (nSPS) is 14.1. The van der Waals surface area contributed by atoms with Crippen LogP contribution in [0.3, 0.4) is 0 Å². The summed E-state index contributed by atoms with van der Waals surface area (Å²) in [6, 6.07) is 18.9. The van der Waals surface area contributed by atoms with Crippen LogP contribution >= 0.6 is 23.4 Å². The first kappa shape index (κ1) is 40.8. The van der Waals surface area contributed by atoms with Gasteiger partial charge in [0.25, 0.3) is 11.5 Å². The molecule has 8 rings (SSSR count). The number of aromatic nitrogens is 6. The maximum absolute atomic E-state index is 14.5. The topological polar surface area (TPSA) is 149 Å². The Morgan fingerprint density at radius 2 is 1.75 bits per heavy atom. The van der Waals surface area contributed by atoms with Gasteiger partial charge in [0.2, 0.25) is 11.7 Å². The summed E-state index contributed by atoms with van der Waals surface area (Å²) in [5, 5.41) is 7.26. The largest absolute Gasteiger partial charge is 0.485 e. The molecule has 0 spiro atoms. The Morgan fingerprint density at radius 3 is 2.48 bits per heavy atom. The number of piperazine rings is 1. The molecular formula is C41H37ClF3N9O5S. The Balaban J connectivity index is 1.09. The van der Waals surface area contributed by atoms with Crippen molar-refractivity contribution in [2.75, 3.05) is 36.4 Å². The lowest BCUT2D eigenvalue weighted by atomic mass is 10.1. The molecule has 0 saturated carbocycles. The van der Waals surface area contributed by atoms with Crippen LogP contribution in [0.25, 0.3) is 17.2 Å². The van der Waals surface area contributed by atoms with E-state index in [-0.39, 0.29) is 89.9 Å². The standard InChI is InChI=1S/C41H37ClF3N9O5S/c1-3-32-35(51-13-15-52(16-14-51)38(56)34-36(24(2)46-23-47-34)59-20-25-7-5-4-6-8-25)39(57)54-40(49-37(50-54)26-9-10-27-21-58-22-28(27)17-26)53(32)19-33(55)48-31-12-11-29(18-30(31)42)60-41(43,44)45/h4-12,17-18,23H,3,13-16,19-22H2,1-2H3,(H,48,55). The highest BCUT2D eigenvalue weighted by Crippen LogP contribution is 2.39. The number of thioether (sulfide) groups is 1. The summed E-state index contributed by atoms with van der Waals surface area (Å²) in [5.41, 5.74) is 0.185. The minimum absolute atomic E-state index is 0.0798. The van der Waals surface area contributed by atoms with Gasteiger partial charge in [-0.1, -0.05) is 61.0 Å². The van der Waals surface area contributed by atoms with E-state index in [1.54, 1.807) is 16.4 Å². The van der Waals surface area contributed by atoms with Crippen molar-refractivity contribution < 1.29 is 32.2 Å². The molecule has 6 aromatic rings. The number of halogens is 4. The van der Waals surface area contributed by atoms with E-state index in [4.69, 9.17) is 26.1 Å². The van der Waals surface area contributed by atoms with Crippen molar-refractivity contribution in [3.8, 4) is 17.1 Å². The number of hydrogen-bond donors (Lipinski definition) is 1. The van der Waals surface area contributed by atoms with Gasteiger partial charge in [0.05, 0.1) is 35.3 Å². The molecule has 1 fully saturated rings. The first-order valence-corrected chi connectivity index (χ1v) is 20.2. The zero-order chi connectivity index (χ0) is 42.1. The molecule has 1 N–H and O–H groups in total. The van der Waals surface area contributed by atoms with Gasteiger partial charge in [0.15, 0.2) is 17.3 Å². The first-order valence-electron chi connectivity index (χ1n) is 19.0. The molecule has 1 saturated heterocycles. The Kier molecular flexibility index (Phi) is 11.5. The van der Waals surface area contributed by atoms with Crippen LogP contribution in [0.4, 0.5) is 24.5 Å². The van der Waals surface area contributed by atoms with Gasteiger partial charge >= 0.3 is 5.51 Å². The predicted octanol–water partition coefficient (Wildman–Crippen LogP) is 6.69. The average molecular weight is 860 g/mol. The van der Waals surface area contributed by atoms with Crippen molar-refractivity contribution in [3.63, 3.8) is 0 Å². The number of benzene rings is 3. The molecule has 2 amide bonds. The summed E-state index contributed by atoms with van der Waals surface area (Å²) >= 11 is 6.00. The molecule has 19 heteroatoms. The maximum atomic E-state index is 14.5. The maximum Gasteiger partial charge on any atom is 0.446 e. The van der Waals surface area contributed by atoms with Crippen molar-refractivity contribution in [3.05, 3.63) is 122 Å². The molecule has 0 bridgehead atoms. The number of hydrogen-bond acceptors (Lipinski definition) is 11. The summed E-state index contributed by atoms with van der Waals surface area (Å²) in [6.45, 7) is 5.41. The molecule has 14 nitrogen and oxygen atoms in total. The van der Waals surface area contributed by atoms with E-state index >= 15 is 0 Å². The zero-order valence-corrected chi connectivity index (χ0v) is 33.9. The van der Waals surface area contributed by atoms with Crippen LogP contribution in [0.15, 0.2) is 82.7 Å². The van der Waals surface area contributed by atoms with E-state index in [1.165, 1.54) is 23.0 Å². The molecule has 2 aliphatic heterocycles. The third kappa shape index (κ3) is 8.53. The van der Waals surface area contributed by atoms with Crippen LogP contribution in [0.5, 0.6) is 5.75 Å². The SMILES string of the molecule is CCc1c(N2CCN(C(=O)c3ncnc(C)c3OCc3ccccc3)CC2)c(=O)n2nc(-c3ccc4c(c3)COC4)nc2n1CC(=O)Nc1ccc(SC(F)(F)F)cc1Cl. The molecule has 0 radical (unpaired) electrons. The third-order valence-electron chi connectivity index (χ3n) is 10.2. The number of aryl methyl sites for hydroxylation is 1. The van der Waals surface area contributed by atoms with Gasteiger partial charge in [-0.2, -0.15) is 22.7 Å². The molecule has 0 unspecified atom stereocenters. The van der Waals surface area contributed by atoms with Gasteiger partial charge in [-0.15, -0.1) is 5.10 Å². The number of amides is 2. The summed E-state index contributed by atoms with van der Waals surface area (Å²) in [4.78, 5) is 59.0. The van der Waals surface area contributed by atoms with E-state index in [1.807, 2.05) is 60.4 Å². The lowest BCUT2D eigenvalue weighted by Gasteiger charge is -2.36. The van der Waals surface area contributed by atoms with Crippen LogP contribution in [0, 0.1) is 6.92 Å². The van der Waals surface area contributed by atoms with Crippen LogP contribution in [0.1, 0.15) is 45.5 Å². The fourth-order valence-corrected chi connectivity index (χ4v) is 8.16. The number of carbonyl (C=O) groups excluding carboxylic acids is 2. The molecular weight excluding hydrogens is 823 g/mol. The minimum atomic E-state index is -4.51. The monoisotopic (exact) mass is 859 g/mol. The number of fused-ring (bicyclic) bond motifs is 2. The summed E-state index contributed by atoms with van der Waals surface area (Å²) < 4.78 is 53.4. The van der Waals surface area contributed by atoms with Gasteiger partial charge in [0.1, 0.15) is 25.2 Å². The van der Waals surface area contributed by atoms with E-state index in [9.17, 15) is 27.6 Å². The van der Waals surface area contributed by atoms with Crippen LogP contribution in [0.2, 0.25) is 5.02 Å². The number of rotatable bonds is 11. The van der Waals surface area contributed by atoms with Crippen molar-refractivity contribution in [2.45, 2.75) is 57.0 Å². The summed E-state index contributed by atoms with van der Waals surface area (Å²) in [5.74, 6) is -0.241. The second-order valence-corrected chi connectivity index (χ2v) is 15.6. The molecule has 0 atom stereocenters. The third-order valence-corrected chi connectivity index (χ3v) is 11.2. The van der Waals surface area contributed by atoms with E-state index in [0.717, 1.165) is 22.8 Å². The van der Waals surface area contributed by atoms with E-state index in [0.29, 0.717) is 48.0 Å². The Hall–Kier alpha value is -5.98. The fraction of sp³-hybridized carbons (Fsp3) is 0.293. The smallest absolute Gasteiger partial charge is 0.446 e. The molecule has 2 aliphatic rings. The fourth-order valence-electron chi connectivity index (χ4n) is 7.29. The number of nitrogens with zero attached hydrogens (tertiary/aromatic N) is 8. The lowest BCUT2D eigenvalue weighted by Crippen LogP contribution is -2.51. The Labute approximate surface area is 350 Å². The molecule has 0 aliphatic carbocycles. The Bertz CT molecular complexity index is 2670. The van der Waals surface area contributed by atoms with Crippen LogP contribution in [-0.2, 0) is 42.3 Å². The molecule has 3 aromatic carbocycles. The summed E-state index contributed by atoms with van der Waals surface area (Å²) in [7, 11) is 0. The molecule has 310 valence electrons. The van der Waals surface area contributed by atoms with Crippen molar-refractivity contribution in [1.29, 1.82) is 0 Å². The van der Waals surface area contributed by atoms with Crippen molar-refractivity contribution in [1.82, 2.24) is 34.0 Å². The predicted molar refractivity (Wildman–Crippen MR) is 218 cm³/mol. The van der Waals surface area contributed by atoms with Gasteiger partial charge < -0.3 is 29.2 Å². The van der Waals surface area contributed by atoms with Crippen molar-refractivity contribution in [2.24, 2.45) is 0 Å². The quantitative estimate of drug-likeness (QED) is 0.139. The highest BCUT2D eigenvalue weighted by Gasteiger charge is 2.32. The summed E-state index contributed by atoms with van der Waals surface area (Å²) in [6.07, 6.45) is 1.63. The van der Waals surface area contributed by atoms with Crippen LogP contribution in [-0.4, -0.2) is 77.5 Å². The number of alkyl halides is 3. The minimum Gasteiger partial charge on any atom is -0.485 e. The number of ether oxygens (including phenoxy) is 2. The van der Waals surface area contributed by atoms with Crippen LogP contribution < -0.4 is 20.5 Å². The molecule has 3 aromatic heterocycles. The van der Waals surface area contributed by atoms with Crippen molar-refractivity contribution >= 4 is 52.3 Å².